The maximum Gasteiger partial charge on any atom is 0.315 e. The molecule has 5 nitrogen and oxygen atoms in total. The third-order valence-corrected chi connectivity index (χ3v) is 4.89. The Kier molecular flexibility index (Phi) is 5.79. The van der Waals surface area contributed by atoms with Gasteiger partial charge in [-0.1, -0.05) is 48.0 Å². The van der Waals surface area contributed by atoms with E-state index in [0.29, 0.717) is 5.92 Å². The Bertz CT molecular complexity index is 806. The quantitative estimate of drug-likeness (QED) is 0.724. The van der Waals surface area contributed by atoms with Crippen LogP contribution in [0.4, 0.5) is 10.5 Å². The van der Waals surface area contributed by atoms with Crippen LogP contribution in [-0.4, -0.2) is 18.5 Å². The summed E-state index contributed by atoms with van der Waals surface area (Å²) >= 11 is 0. The fourth-order valence-corrected chi connectivity index (χ4v) is 3.48. The molecule has 5 heteroatoms. The molecule has 3 rings (SSSR count). The standard InChI is InChI=1S/C22H27N3O2/c1-14-11-15(2)20(16(3)12-14)24-19(26)13-23-22(27)25-21(18-9-10-18)17-7-5-4-6-8-17/h4-8,11-12,18,21H,9-10,13H2,1-3H3,(H,24,26)(H2,23,25,27). The fraction of sp³-hybridized carbons (Fsp3) is 0.364. The SMILES string of the molecule is Cc1cc(C)c(NC(=O)CNC(=O)NC(c2ccccc2)C2CC2)c(C)c1. The first-order chi connectivity index (χ1) is 12.9. The number of hydrogen-bond acceptors (Lipinski definition) is 2. The summed E-state index contributed by atoms with van der Waals surface area (Å²) in [5.41, 5.74) is 5.11. The van der Waals surface area contributed by atoms with Crippen LogP contribution in [-0.2, 0) is 4.79 Å². The van der Waals surface area contributed by atoms with Gasteiger partial charge in [0.1, 0.15) is 0 Å². The van der Waals surface area contributed by atoms with Gasteiger partial charge in [-0.05, 0) is 56.2 Å². The molecule has 2 aromatic rings. The number of aryl methyl sites for hydroxylation is 3. The Morgan fingerprint density at radius 2 is 1.67 bits per heavy atom. The van der Waals surface area contributed by atoms with Gasteiger partial charge >= 0.3 is 6.03 Å². The molecule has 1 aliphatic rings. The zero-order valence-corrected chi connectivity index (χ0v) is 16.1. The number of carbonyl (C=O) groups excluding carboxylic acids is 2. The number of rotatable bonds is 6. The van der Waals surface area contributed by atoms with Crippen LogP contribution in [0, 0.1) is 26.7 Å². The Morgan fingerprint density at radius 3 is 2.26 bits per heavy atom. The van der Waals surface area contributed by atoms with Crippen molar-refractivity contribution in [2.24, 2.45) is 5.92 Å². The first kappa shape index (κ1) is 19.0. The van der Waals surface area contributed by atoms with Crippen molar-refractivity contribution < 1.29 is 9.59 Å². The van der Waals surface area contributed by atoms with E-state index in [1.807, 2.05) is 63.2 Å². The minimum Gasteiger partial charge on any atom is -0.331 e. The van der Waals surface area contributed by atoms with Crippen LogP contribution in [0.15, 0.2) is 42.5 Å². The van der Waals surface area contributed by atoms with Crippen LogP contribution in [0.5, 0.6) is 0 Å². The number of urea groups is 1. The molecule has 0 spiro atoms. The lowest BCUT2D eigenvalue weighted by molar-refractivity contribution is -0.115. The number of amides is 3. The average molecular weight is 365 g/mol. The van der Waals surface area contributed by atoms with Crippen molar-refractivity contribution in [2.75, 3.05) is 11.9 Å². The maximum absolute atomic E-state index is 12.3. The molecule has 2 aromatic carbocycles. The van der Waals surface area contributed by atoms with Crippen LogP contribution >= 0.6 is 0 Å². The first-order valence-electron chi connectivity index (χ1n) is 9.41. The summed E-state index contributed by atoms with van der Waals surface area (Å²) in [6, 6.07) is 13.7. The molecule has 1 saturated carbocycles. The smallest absolute Gasteiger partial charge is 0.315 e. The van der Waals surface area contributed by atoms with Gasteiger partial charge in [-0.2, -0.15) is 0 Å². The topological polar surface area (TPSA) is 70.2 Å². The van der Waals surface area contributed by atoms with Crippen LogP contribution < -0.4 is 16.0 Å². The van der Waals surface area contributed by atoms with Gasteiger partial charge in [0.25, 0.3) is 0 Å². The average Bonchev–Trinajstić information content (AvgIpc) is 3.46. The highest BCUT2D eigenvalue weighted by molar-refractivity contribution is 5.95. The molecular formula is C22H27N3O2. The molecule has 27 heavy (non-hydrogen) atoms. The monoisotopic (exact) mass is 365 g/mol. The van der Waals surface area contributed by atoms with Crippen LogP contribution in [0.2, 0.25) is 0 Å². The molecular weight excluding hydrogens is 338 g/mol. The van der Waals surface area contributed by atoms with Gasteiger partial charge in [0.2, 0.25) is 5.91 Å². The second-order valence-corrected chi connectivity index (χ2v) is 7.37. The second kappa shape index (κ2) is 8.25. The van der Waals surface area contributed by atoms with Crippen LogP contribution in [0.3, 0.4) is 0 Å². The number of carbonyl (C=O) groups is 2. The summed E-state index contributed by atoms with van der Waals surface area (Å²) in [4.78, 5) is 24.5. The summed E-state index contributed by atoms with van der Waals surface area (Å²) in [5, 5.41) is 8.59. The Hall–Kier alpha value is -2.82. The highest BCUT2D eigenvalue weighted by atomic mass is 16.2. The molecule has 0 aliphatic heterocycles. The molecule has 1 atom stereocenters. The van der Waals surface area contributed by atoms with Gasteiger partial charge in [0.15, 0.2) is 0 Å². The van der Waals surface area contributed by atoms with E-state index >= 15 is 0 Å². The van der Waals surface area contributed by atoms with Crippen molar-refractivity contribution in [2.45, 2.75) is 39.7 Å². The Morgan fingerprint density at radius 1 is 1.04 bits per heavy atom. The lowest BCUT2D eigenvalue weighted by atomic mass is 10.0. The molecule has 0 aromatic heterocycles. The predicted octanol–water partition coefficient (Wildman–Crippen LogP) is 4.00. The van der Waals surface area contributed by atoms with Crippen LogP contribution in [0.1, 0.15) is 41.1 Å². The van der Waals surface area contributed by atoms with Gasteiger partial charge in [0.05, 0.1) is 12.6 Å². The third-order valence-electron chi connectivity index (χ3n) is 4.89. The van der Waals surface area contributed by atoms with E-state index < -0.39 is 0 Å². The molecule has 142 valence electrons. The first-order valence-corrected chi connectivity index (χ1v) is 9.41. The van der Waals surface area contributed by atoms with E-state index in [9.17, 15) is 9.59 Å². The number of anilines is 1. The predicted molar refractivity (Wildman–Crippen MR) is 108 cm³/mol. The summed E-state index contributed by atoms with van der Waals surface area (Å²) in [6.07, 6.45) is 2.23. The molecule has 0 radical (unpaired) electrons. The Balaban J connectivity index is 1.53. The van der Waals surface area contributed by atoms with E-state index in [1.54, 1.807) is 0 Å². The maximum atomic E-state index is 12.3. The van der Waals surface area contributed by atoms with E-state index in [2.05, 4.69) is 16.0 Å². The van der Waals surface area contributed by atoms with Gasteiger partial charge < -0.3 is 16.0 Å². The summed E-state index contributed by atoms with van der Waals surface area (Å²) < 4.78 is 0. The van der Waals surface area contributed by atoms with Crippen molar-refractivity contribution in [3.05, 3.63) is 64.7 Å². The molecule has 1 unspecified atom stereocenters. The van der Waals surface area contributed by atoms with Crippen molar-refractivity contribution in [3.8, 4) is 0 Å². The minimum absolute atomic E-state index is 0.00384. The van der Waals surface area contributed by atoms with E-state index in [1.165, 1.54) is 0 Å². The highest BCUT2D eigenvalue weighted by Gasteiger charge is 2.33. The summed E-state index contributed by atoms with van der Waals surface area (Å²) in [7, 11) is 0. The summed E-state index contributed by atoms with van der Waals surface area (Å²) in [5.74, 6) is 0.243. The molecule has 0 bridgehead atoms. The zero-order valence-electron chi connectivity index (χ0n) is 16.1. The van der Waals surface area contributed by atoms with Gasteiger partial charge in [-0.3, -0.25) is 4.79 Å². The lowest BCUT2D eigenvalue weighted by Gasteiger charge is -2.19. The largest absolute Gasteiger partial charge is 0.331 e. The number of hydrogen-bond donors (Lipinski definition) is 3. The molecule has 1 fully saturated rings. The number of nitrogens with one attached hydrogen (secondary N) is 3. The zero-order chi connectivity index (χ0) is 19.4. The molecule has 0 heterocycles. The third kappa shape index (κ3) is 5.09. The number of benzene rings is 2. The normalized spacial score (nSPS) is 14.3. The van der Waals surface area contributed by atoms with Crippen molar-refractivity contribution in [1.29, 1.82) is 0 Å². The molecule has 1 aliphatic carbocycles. The van der Waals surface area contributed by atoms with Crippen molar-refractivity contribution in [1.82, 2.24) is 10.6 Å². The van der Waals surface area contributed by atoms with Gasteiger partial charge in [-0.25, -0.2) is 4.79 Å². The van der Waals surface area contributed by atoms with Gasteiger partial charge in [-0.15, -0.1) is 0 Å². The van der Waals surface area contributed by atoms with Crippen molar-refractivity contribution in [3.63, 3.8) is 0 Å². The minimum atomic E-state index is -0.316. The van der Waals surface area contributed by atoms with Gasteiger partial charge in [0, 0.05) is 5.69 Å². The van der Waals surface area contributed by atoms with E-state index in [0.717, 1.165) is 40.8 Å². The van der Waals surface area contributed by atoms with E-state index in [4.69, 9.17) is 0 Å². The summed E-state index contributed by atoms with van der Waals surface area (Å²) in [6.45, 7) is 5.90. The second-order valence-electron chi connectivity index (χ2n) is 7.37. The van der Waals surface area contributed by atoms with Crippen molar-refractivity contribution >= 4 is 17.6 Å². The lowest BCUT2D eigenvalue weighted by Crippen LogP contribution is -2.42. The van der Waals surface area contributed by atoms with Crippen LogP contribution in [0.25, 0.3) is 0 Å². The molecule has 3 amide bonds. The Labute approximate surface area is 160 Å². The van der Waals surface area contributed by atoms with E-state index in [-0.39, 0.29) is 24.5 Å². The fourth-order valence-electron chi connectivity index (χ4n) is 3.48. The molecule has 3 N–H and O–H groups in total. The molecule has 0 saturated heterocycles. The highest BCUT2D eigenvalue weighted by Crippen LogP contribution is 2.40.